The van der Waals surface area contributed by atoms with Crippen LogP contribution < -0.4 is 10.5 Å². The molecule has 2 aromatic carbocycles. The number of nitro benzene ring substituents is 1. The Kier molecular flexibility index (Phi) is 5.30. The Labute approximate surface area is 131 Å². The quantitative estimate of drug-likeness (QED) is 0.639. The molecule has 2 N–H and O–H groups in total. The second-order valence-electron chi connectivity index (χ2n) is 4.48. The predicted octanol–water partition coefficient (Wildman–Crippen LogP) is 3.44. The number of para-hydroxylation sites is 1. The van der Waals surface area contributed by atoms with Crippen LogP contribution in [0.3, 0.4) is 0 Å². The van der Waals surface area contributed by atoms with Crippen LogP contribution in [0.1, 0.15) is 11.1 Å². The van der Waals surface area contributed by atoms with Crippen molar-refractivity contribution in [2.24, 2.45) is 5.73 Å². The van der Waals surface area contributed by atoms with Gasteiger partial charge in [-0.1, -0.05) is 24.3 Å². The van der Waals surface area contributed by atoms with Gasteiger partial charge < -0.3 is 10.5 Å². The number of non-ortho nitro benzene ring substituents is 1. The summed E-state index contributed by atoms with van der Waals surface area (Å²) in [5.41, 5.74) is 7.41. The predicted molar refractivity (Wildman–Crippen MR) is 84.3 cm³/mol. The molecule has 2 aromatic rings. The first-order valence-corrected chi connectivity index (χ1v) is 7.24. The number of benzene rings is 2. The average molecular weight is 351 g/mol. The third-order valence-electron chi connectivity index (χ3n) is 2.97. The van der Waals surface area contributed by atoms with Gasteiger partial charge in [0.25, 0.3) is 5.69 Å². The largest absolute Gasteiger partial charge is 0.487 e. The number of nitrogens with zero attached hydrogens (tertiary/aromatic N) is 1. The van der Waals surface area contributed by atoms with E-state index < -0.39 is 4.92 Å². The third-order valence-corrected chi connectivity index (χ3v) is 3.59. The van der Waals surface area contributed by atoms with Crippen LogP contribution in [0.15, 0.2) is 46.9 Å². The van der Waals surface area contributed by atoms with E-state index >= 15 is 0 Å². The van der Waals surface area contributed by atoms with Crippen LogP contribution in [-0.4, -0.2) is 11.5 Å². The molecule has 0 saturated carbocycles. The molecule has 5 nitrogen and oxygen atoms in total. The summed E-state index contributed by atoms with van der Waals surface area (Å²) in [7, 11) is 0. The number of rotatable bonds is 6. The van der Waals surface area contributed by atoms with E-state index in [2.05, 4.69) is 15.9 Å². The zero-order chi connectivity index (χ0) is 15.2. The molecule has 0 atom stereocenters. The first-order chi connectivity index (χ1) is 10.1. The van der Waals surface area contributed by atoms with Crippen LogP contribution in [0.25, 0.3) is 0 Å². The lowest BCUT2D eigenvalue weighted by atomic mass is 10.1. The van der Waals surface area contributed by atoms with Gasteiger partial charge in [-0.05, 0) is 46.1 Å². The fourth-order valence-corrected chi connectivity index (χ4v) is 2.50. The Bertz CT molecular complexity index is 647. The van der Waals surface area contributed by atoms with Crippen molar-refractivity contribution in [3.63, 3.8) is 0 Å². The van der Waals surface area contributed by atoms with Crippen molar-refractivity contribution < 1.29 is 9.66 Å². The Morgan fingerprint density at radius 2 is 2.00 bits per heavy atom. The van der Waals surface area contributed by atoms with Gasteiger partial charge in [0.05, 0.1) is 9.40 Å². The van der Waals surface area contributed by atoms with Crippen molar-refractivity contribution in [1.29, 1.82) is 0 Å². The van der Waals surface area contributed by atoms with E-state index in [-0.39, 0.29) is 12.3 Å². The van der Waals surface area contributed by atoms with Gasteiger partial charge in [0.1, 0.15) is 12.4 Å². The lowest BCUT2D eigenvalue weighted by Gasteiger charge is -2.13. The number of nitrogens with two attached hydrogens (primary N) is 1. The molecular formula is C15H15BrN2O3. The summed E-state index contributed by atoms with van der Waals surface area (Å²) < 4.78 is 6.66. The SMILES string of the molecule is NCCc1cccc(Br)c1OCc1cccc([N+](=O)[O-])c1. The van der Waals surface area contributed by atoms with Crippen LogP contribution >= 0.6 is 15.9 Å². The van der Waals surface area contributed by atoms with Crippen molar-refractivity contribution in [2.45, 2.75) is 13.0 Å². The highest BCUT2D eigenvalue weighted by Gasteiger charge is 2.10. The standard InChI is InChI=1S/C15H15BrN2O3/c16-14-6-2-4-12(7-8-17)15(14)21-10-11-3-1-5-13(9-11)18(19)20/h1-6,9H,7-8,10,17H2. The smallest absolute Gasteiger partial charge is 0.269 e. The minimum atomic E-state index is -0.415. The van der Waals surface area contributed by atoms with Crippen LogP contribution in [0.5, 0.6) is 5.75 Å². The van der Waals surface area contributed by atoms with Gasteiger partial charge >= 0.3 is 0 Å². The highest BCUT2D eigenvalue weighted by Crippen LogP contribution is 2.30. The molecule has 0 fully saturated rings. The lowest BCUT2D eigenvalue weighted by molar-refractivity contribution is -0.384. The highest BCUT2D eigenvalue weighted by atomic mass is 79.9. The highest BCUT2D eigenvalue weighted by molar-refractivity contribution is 9.10. The molecule has 0 aliphatic carbocycles. The molecule has 0 bridgehead atoms. The monoisotopic (exact) mass is 350 g/mol. The van der Waals surface area contributed by atoms with Crippen LogP contribution in [-0.2, 0) is 13.0 Å². The second-order valence-corrected chi connectivity index (χ2v) is 5.34. The van der Waals surface area contributed by atoms with Crippen molar-refractivity contribution in [3.8, 4) is 5.75 Å². The summed E-state index contributed by atoms with van der Waals surface area (Å²) in [6.45, 7) is 0.797. The minimum absolute atomic E-state index is 0.0606. The van der Waals surface area contributed by atoms with E-state index in [1.807, 2.05) is 18.2 Å². The Balaban J connectivity index is 2.16. The molecule has 0 amide bonds. The first kappa shape index (κ1) is 15.5. The summed E-state index contributed by atoms with van der Waals surface area (Å²) in [4.78, 5) is 10.3. The maximum Gasteiger partial charge on any atom is 0.269 e. The van der Waals surface area contributed by atoms with Gasteiger partial charge in [-0.25, -0.2) is 0 Å². The van der Waals surface area contributed by atoms with Crippen molar-refractivity contribution >= 4 is 21.6 Å². The van der Waals surface area contributed by atoms with Crippen LogP contribution in [0.2, 0.25) is 0 Å². The molecule has 0 saturated heterocycles. The summed E-state index contributed by atoms with van der Waals surface area (Å²) >= 11 is 3.45. The van der Waals surface area contributed by atoms with Crippen LogP contribution in [0.4, 0.5) is 5.69 Å². The molecule has 21 heavy (non-hydrogen) atoms. The zero-order valence-corrected chi connectivity index (χ0v) is 12.9. The summed E-state index contributed by atoms with van der Waals surface area (Å²) in [6, 6.07) is 12.2. The van der Waals surface area contributed by atoms with E-state index in [9.17, 15) is 10.1 Å². The van der Waals surface area contributed by atoms with Gasteiger partial charge in [-0.2, -0.15) is 0 Å². The van der Waals surface area contributed by atoms with Gasteiger partial charge in [0.2, 0.25) is 0 Å². The molecule has 0 radical (unpaired) electrons. The molecule has 0 aromatic heterocycles. The molecule has 0 heterocycles. The maximum absolute atomic E-state index is 10.8. The normalized spacial score (nSPS) is 10.4. The fraction of sp³-hybridized carbons (Fsp3) is 0.200. The van der Waals surface area contributed by atoms with Gasteiger partial charge in [0.15, 0.2) is 0 Å². The Morgan fingerprint density at radius 1 is 1.24 bits per heavy atom. The van der Waals surface area contributed by atoms with E-state index in [4.69, 9.17) is 10.5 Å². The molecular weight excluding hydrogens is 336 g/mol. The van der Waals surface area contributed by atoms with Crippen LogP contribution in [0, 0.1) is 10.1 Å². The van der Waals surface area contributed by atoms with Gasteiger partial charge in [-0.3, -0.25) is 10.1 Å². The average Bonchev–Trinajstić information content (AvgIpc) is 2.47. The third kappa shape index (κ3) is 4.03. The Hall–Kier alpha value is -1.92. The second kappa shape index (κ2) is 7.19. The molecule has 6 heteroatoms. The number of hydrogen-bond donors (Lipinski definition) is 1. The number of ether oxygens (including phenoxy) is 1. The summed E-state index contributed by atoms with van der Waals surface area (Å²) in [6.07, 6.45) is 0.712. The molecule has 2 rings (SSSR count). The lowest BCUT2D eigenvalue weighted by Crippen LogP contribution is -2.06. The molecule has 0 unspecified atom stereocenters. The topological polar surface area (TPSA) is 78.4 Å². The molecule has 110 valence electrons. The van der Waals surface area contributed by atoms with E-state index in [1.165, 1.54) is 12.1 Å². The Morgan fingerprint density at radius 3 is 2.71 bits per heavy atom. The molecule has 0 aliphatic rings. The minimum Gasteiger partial charge on any atom is -0.487 e. The van der Waals surface area contributed by atoms with Gasteiger partial charge in [0, 0.05) is 12.1 Å². The summed E-state index contributed by atoms with van der Waals surface area (Å²) in [5.74, 6) is 0.731. The molecule has 0 aliphatic heterocycles. The van der Waals surface area contributed by atoms with Gasteiger partial charge in [-0.15, -0.1) is 0 Å². The maximum atomic E-state index is 10.8. The van der Waals surface area contributed by atoms with E-state index in [1.54, 1.807) is 12.1 Å². The first-order valence-electron chi connectivity index (χ1n) is 6.45. The fourth-order valence-electron chi connectivity index (χ4n) is 1.98. The van der Waals surface area contributed by atoms with E-state index in [0.717, 1.165) is 21.3 Å². The number of nitro groups is 1. The number of halogens is 1. The van der Waals surface area contributed by atoms with E-state index in [0.29, 0.717) is 13.0 Å². The zero-order valence-electron chi connectivity index (χ0n) is 11.3. The molecule has 0 spiro atoms. The van der Waals surface area contributed by atoms with Crippen molar-refractivity contribution in [2.75, 3.05) is 6.54 Å². The summed E-state index contributed by atoms with van der Waals surface area (Å²) in [5, 5.41) is 10.8. The van der Waals surface area contributed by atoms with Crippen molar-refractivity contribution in [1.82, 2.24) is 0 Å². The number of hydrogen-bond acceptors (Lipinski definition) is 4. The van der Waals surface area contributed by atoms with Crippen molar-refractivity contribution in [3.05, 3.63) is 68.2 Å².